The molecule has 1 aliphatic heterocycles. The average Bonchev–Trinajstić information content (AvgIpc) is 3.41. The van der Waals surface area contributed by atoms with Crippen LogP contribution in [-0.2, 0) is 20.7 Å². The number of hydrogen-bond donors (Lipinski definition) is 4. The van der Waals surface area contributed by atoms with Gasteiger partial charge in [-0.05, 0) is 19.1 Å². The van der Waals surface area contributed by atoms with E-state index in [1.807, 2.05) is 0 Å². The van der Waals surface area contributed by atoms with Crippen LogP contribution in [0.5, 0.6) is 0 Å². The maximum atomic E-state index is 14.2. The Bertz CT molecular complexity index is 1350. The van der Waals surface area contributed by atoms with Crippen molar-refractivity contribution in [1.29, 1.82) is 0 Å². The Morgan fingerprint density at radius 3 is 2.71 bits per heavy atom. The quantitative estimate of drug-likeness (QED) is 0.321. The van der Waals surface area contributed by atoms with Crippen LogP contribution in [0.25, 0.3) is 10.3 Å². The second-order valence-corrected chi connectivity index (χ2v) is 10.4. The normalized spacial score (nSPS) is 18.4. The minimum Gasteiger partial charge on any atom is -0.364 e. The fourth-order valence-electron chi connectivity index (χ4n) is 3.59. The Hall–Kier alpha value is -3.26. The summed E-state index contributed by atoms with van der Waals surface area (Å²) in [6.07, 6.45) is -1.66. The number of fused-ring (bicyclic) bond motifs is 1. The number of amides is 3. The van der Waals surface area contributed by atoms with Crippen molar-refractivity contribution < 1.29 is 33.1 Å². The van der Waals surface area contributed by atoms with E-state index in [2.05, 4.69) is 20.4 Å². The van der Waals surface area contributed by atoms with Crippen molar-refractivity contribution in [2.45, 2.75) is 32.1 Å². The van der Waals surface area contributed by atoms with Crippen LogP contribution in [0.1, 0.15) is 22.6 Å². The molecular weight excluding hydrogens is 492 g/mol. The van der Waals surface area contributed by atoms with E-state index in [0.717, 1.165) is 9.58 Å². The van der Waals surface area contributed by atoms with Crippen LogP contribution in [0.2, 0.25) is 0 Å². The smallest absolute Gasteiger partial charge is 0.364 e. The van der Waals surface area contributed by atoms with E-state index in [9.17, 15) is 33.1 Å². The second-order valence-electron chi connectivity index (χ2n) is 7.61. The molecule has 1 aliphatic rings. The molecule has 5 N–H and O–H groups in total. The highest BCUT2D eigenvalue weighted by Crippen LogP contribution is 2.37. The van der Waals surface area contributed by atoms with Gasteiger partial charge in [-0.1, -0.05) is 6.07 Å². The van der Waals surface area contributed by atoms with Gasteiger partial charge in [0.15, 0.2) is 11.3 Å². The maximum absolute atomic E-state index is 14.2. The predicted octanol–water partition coefficient (Wildman–Crippen LogP) is -0.324. The summed E-state index contributed by atoms with van der Waals surface area (Å²) >= 11 is 0.533. The summed E-state index contributed by atoms with van der Waals surface area (Å²) in [5.74, 6) is -2.05. The third kappa shape index (κ3) is 4.68. The van der Waals surface area contributed by atoms with Crippen molar-refractivity contribution in [3.63, 3.8) is 0 Å². The minimum atomic E-state index is -4.74. The average molecular weight is 511 g/mol. The number of aromatic nitrogens is 4. The number of rotatable bonds is 6. The lowest BCUT2D eigenvalue weighted by Gasteiger charge is -2.23. The van der Waals surface area contributed by atoms with Crippen LogP contribution in [-0.4, -0.2) is 70.9 Å². The predicted molar refractivity (Wildman–Crippen MR) is 118 cm³/mol. The van der Waals surface area contributed by atoms with Crippen LogP contribution >= 0.6 is 18.9 Å². The molecule has 1 saturated heterocycles. The van der Waals surface area contributed by atoms with E-state index < -0.39 is 48.8 Å². The zero-order valence-electron chi connectivity index (χ0n) is 17.6. The molecular formula is C18H19FN7O6PS. The van der Waals surface area contributed by atoms with Gasteiger partial charge in [0, 0.05) is 12.1 Å². The molecule has 0 unspecified atom stereocenters. The molecule has 0 aromatic carbocycles. The number of thiazole rings is 1. The number of anilines is 1. The molecule has 13 nitrogen and oxygen atoms in total. The summed E-state index contributed by atoms with van der Waals surface area (Å²) in [4.78, 5) is 65.3. The van der Waals surface area contributed by atoms with E-state index in [1.165, 1.54) is 0 Å². The molecule has 3 aromatic heterocycles. The van der Waals surface area contributed by atoms with Crippen molar-refractivity contribution in [3.8, 4) is 0 Å². The van der Waals surface area contributed by atoms with Crippen LogP contribution < -0.4 is 15.8 Å². The molecule has 3 aromatic rings. The fraction of sp³-hybridized carbons (Fsp3) is 0.333. The van der Waals surface area contributed by atoms with Gasteiger partial charge < -0.3 is 25.7 Å². The molecule has 1 fully saturated rings. The van der Waals surface area contributed by atoms with Crippen molar-refractivity contribution >= 4 is 57.6 Å². The molecule has 0 aliphatic carbocycles. The van der Waals surface area contributed by atoms with Gasteiger partial charge in [0.05, 0.1) is 6.54 Å². The summed E-state index contributed by atoms with van der Waals surface area (Å²) in [5, 5.41) is 6.51. The van der Waals surface area contributed by atoms with E-state index in [0.29, 0.717) is 17.0 Å². The Labute approximate surface area is 194 Å². The standard InChI is InChI=1S/C18H19FN7O6PS/c1-8-3-2-4-11(21-8)22-17(29)10-5-9(19)6-25(10)12(27)7-26-16-14(13(24-26)15(20)28)34-18(23-16)33(30,31)32/h2-4,9-10H,5-7H2,1H3,(H2,20,28)(H,21,22,29)(H2,30,31,32)/t9-,10+/m1/s1. The number of nitrogens with two attached hydrogens (primary N) is 1. The Balaban J connectivity index is 1.59. The minimum absolute atomic E-state index is 0.00299. The first-order valence-electron chi connectivity index (χ1n) is 9.85. The lowest BCUT2D eigenvalue weighted by atomic mass is 10.2. The number of likely N-dealkylation sites (tertiary alicyclic amines) is 1. The van der Waals surface area contributed by atoms with Gasteiger partial charge in [-0.25, -0.2) is 19.0 Å². The van der Waals surface area contributed by atoms with Crippen molar-refractivity contribution in [3.05, 3.63) is 29.6 Å². The molecule has 34 heavy (non-hydrogen) atoms. The topological polar surface area (TPSA) is 194 Å². The van der Waals surface area contributed by atoms with Gasteiger partial charge in [0.25, 0.3) is 5.91 Å². The van der Waals surface area contributed by atoms with Gasteiger partial charge in [0.1, 0.15) is 29.3 Å². The number of aryl methyl sites for hydroxylation is 1. The van der Waals surface area contributed by atoms with E-state index in [4.69, 9.17) is 5.73 Å². The molecule has 0 radical (unpaired) electrons. The Morgan fingerprint density at radius 2 is 2.06 bits per heavy atom. The molecule has 0 spiro atoms. The Morgan fingerprint density at radius 1 is 1.32 bits per heavy atom. The second kappa shape index (κ2) is 8.83. The summed E-state index contributed by atoms with van der Waals surface area (Å²) in [6.45, 7) is 0.837. The van der Waals surface area contributed by atoms with Gasteiger partial charge in [-0.3, -0.25) is 18.9 Å². The van der Waals surface area contributed by atoms with Crippen LogP contribution in [0, 0.1) is 6.92 Å². The molecule has 16 heteroatoms. The van der Waals surface area contributed by atoms with Gasteiger partial charge in [0.2, 0.25) is 16.6 Å². The molecule has 3 amide bonds. The summed E-state index contributed by atoms with van der Waals surface area (Å²) in [7, 11) is -4.74. The summed E-state index contributed by atoms with van der Waals surface area (Å²) < 4.78 is 26.2. The first-order valence-corrected chi connectivity index (χ1v) is 12.3. The summed E-state index contributed by atoms with van der Waals surface area (Å²) in [5.41, 5.74) is 5.51. The molecule has 180 valence electrons. The van der Waals surface area contributed by atoms with E-state index in [-0.39, 0.29) is 34.8 Å². The third-order valence-electron chi connectivity index (χ3n) is 5.06. The van der Waals surface area contributed by atoms with Crippen molar-refractivity contribution in [2.75, 3.05) is 11.9 Å². The number of pyridine rings is 1. The molecule has 4 heterocycles. The lowest BCUT2D eigenvalue weighted by Crippen LogP contribution is -2.44. The zero-order valence-corrected chi connectivity index (χ0v) is 19.3. The number of hydrogen-bond acceptors (Lipinski definition) is 8. The van der Waals surface area contributed by atoms with E-state index in [1.54, 1.807) is 25.1 Å². The number of halogens is 1. The van der Waals surface area contributed by atoms with E-state index >= 15 is 0 Å². The molecule has 0 saturated carbocycles. The summed E-state index contributed by atoms with van der Waals surface area (Å²) in [6, 6.07) is 3.87. The molecule has 0 bridgehead atoms. The zero-order chi connectivity index (χ0) is 24.8. The van der Waals surface area contributed by atoms with Crippen molar-refractivity contribution in [1.82, 2.24) is 24.6 Å². The number of alkyl halides is 1. The maximum Gasteiger partial charge on any atom is 0.384 e. The van der Waals surface area contributed by atoms with Crippen LogP contribution in [0.3, 0.4) is 0 Å². The number of carbonyl (C=O) groups excluding carboxylic acids is 3. The highest BCUT2D eigenvalue weighted by Gasteiger charge is 2.40. The SMILES string of the molecule is Cc1cccc(NC(=O)[C@@H]2C[C@@H](F)CN2C(=O)Cn2nc(C(N)=O)c3sc(P(=O)(O)O)nc32)n1. The van der Waals surface area contributed by atoms with Crippen molar-refractivity contribution in [2.24, 2.45) is 5.73 Å². The fourth-order valence-corrected chi connectivity index (χ4v) is 5.36. The molecule has 2 atom stereocenters. The number of nitrogens with zero attached hydrogens (tertiary/aromatic N) is 5. The highest BCUT2D eigenvalue weighted by atomic mass is 32.1. The van der Waals surface area contributed by atoms with Gasteiger partial charge in [-0.15, -0.1) is 11.3 Å². The first-order chi connectivity index (χ1) is 15.9. The number of primary amides is 1. The van der Waals surface area contributed by atoms with Gasteiger partial charge in [-0.2, -0.15) is 5.10 Å². The van der Waals surface area contributed by atoms with Crippen LogP contribution in [0.4, 0.5) is 10.2 Å². The number of carbonyl (C=O) groups is 3. The first kappa shape index (κ1) is 23.9. The molecule has 4 rings (SSSR count). The lowest BCUT2D eigenvalue weighted by molar-refractivity contribution is -0.137. The van der Waals surface area contributed by atoms with Gasteiger partial charge >= 0.3 is 7.60 Å². The third-order valence-corrected chi connectivity index (χ3v) is 7.50. The van der Waals surface area contributed by atoms with Crippen LogP contribution in [0.15, 0.2) is 18.2 Å². The largest absolute Gasteiger partial charge is 0.384 e. The Kier molecular flexibility index (Phi) is 6.20. The number of nitrogens with one attached hydrogen (secondary N) is 1. The monoisotopic (exact) mass is 511 g/mol. The highest BCUT2D eigenvalue weighted by molar-refractivity contribution is 7.67.